The molecule has 0 radical (unpaired) electrons. The van der Waals surface area contributed by atoms with Gasteiger partial charge in [-0.05, 0) is 38.2 Å². The molecule has 6 nitrogen and oxygen atoms in total. The minimum absolute atomic E-state index is 0.412. The van der Waals surface area contributed by atoms with Crippen molar-refractivity contribution in [2.75, 3.05) is 23.3 Å². The summed E-state index contributed by atoms with van der Waals surface area (Å²) < 4.78 is 0. The van der Waals surface area contributed by atoms with Crippen molar-refractivity contribution in [3.63, 3.8) is 0 Å². The molecule has 1 aliphatic rings. The van der Waals surface area contributed by atoms with E-state index >= 15 is 0 Å². The molecule has 0 saturated carbocycles. The van der Waals surface area contributed by atoms with E-state index in [1.807, 2.05) is 13.1 Å². The lowest BCUT2D eigenvalue weighted by Gasteiger charge is -2.34. The molecule has 1 amide bonds. The standard InChI is InChI=1S/C17H24N4O2/c1-10-5-4-6-21(9-10)15-11(2)7-18-16-14(15)13(8-19-16)20-17(23)12(3)22/h7-8,10,12,22H,4-6,9H2,1-3H3,(H,18,19)(H,20,23)/t10-,12+/m1/s1. The minimum atomic E-state index is -1.05. The van der Waals surface area contributed by atoms with E-state index in [0.717, 1.165) is 35.4 Å². The van der Waals surface area contributed by atoms with Gasteiger partial charge in [0.05, 0.1) is 16.8 Å². The topological polar surface area (TPSA) is 81.2 Å². The van der Waals surface area contributed by atoms with Crippen LogP contribution in [0.4, 0.5) is 11.4 Å². The number of carbonyl (C=O) groups excluding carboxylic acids is 1. The molecule has 2 atom stereocenters. The summed E-state index contributed by atoms with van der Waals surface area (Å²) in [5, 5.41) is 13.2. The molecule has 0 spiro atoms. The number of H-pyrrole nitrogens is 1. The Labute approximate surface area is 135 Å². The third-order valence-electron chi connectivity index (χ3n) is 4.47. The molecule has 0 aromatic carbocycles. The molecule has 1 saturated heterocycles. The van der Waals surface area contributed by atoms with Crippen LogP contribution in [-0.2, 0) is 4.79 Å². The number of nitrogens with zero attached hydrogens (tertiary/aromatic N) is 2. The molecule has 0 aliphatic carbocycles. The van der Waals surface area contributed by atoms with Gasteiger partial charge in [0.1, 0.15) is 11.8 Å². The number of rotatable bonds is 3. The van der Waals surface area contributed by atoms with Gasteiger partial charge in [0.2, 0.25) is 0 Å². The van der Waals surface area contributed by atoms with Gasteiger partial charge in [0.15, 0.2) is 0 Å². The van der Waals surface area contributed by atoms with Gasteiger partial charge in [-0.3, -0.25) is 4.79 Å². The summed E-state index contributed by atoms with van der Waals surface area (Å²) in [4.78, 5) is 21.8. The predicted octanol–water partition coefficient (Wildman–Crippen LogP) is 2.43. The van der Waals surface area contributed by atoms with E-state index in [4.69, 9.17) is 0 Å². The van der Waals surface area contributed by atoms with Crippen molar-refractivity contribution in [2.24, 2.45) is 5.92 Å². The zero-order chi connectivity index (χ0) is 16.6. The quantitative estimate of drug-likeness (QED) is 0.812. The number of anilines is 2. The maximum atomic E-state index is 11.9. The maximum Gasteiger partial charge on any atom is 0.252 e. The second kappa shape index (κ2) is 6.20. The van der Waals surface area contributed by atoms with Crippen molar-refractivity contribution >= 4 is 28.3 Å². The Kier molecular flexibility index (Phi) is 4.26. The van der Waals surface area contributed by atoms with Crippen LogP contribution < -0.4 is 10.2 Å². The molecule has 1 fully saturated rings. The molecule has 3 N–H and O–H groups in total. The highest BCUT2D eigenvalue weighted by Gasteiger charge is 2.23. The van der Waals surface area contributed by atoms with Crippen LogP contribution in [0.25, 0.3) is 11.0 Å². The molecule has 124 valence electrons. The minimum Gasteiger partial charge on any atom is -0.384 e. The van der Waals surface area contributed by atoms with E-state index in [0.29, 0.717) is 11.6 Å². The smallest absolute Gasteiger partial charge is 0.252 e. The summed E-state index contributed by atoms with van der Waals surface area (Å²) in [7, 11) is 0. The third kappa shape index (κ3) is 3.03. The van der Waals surface area contributed by atoms with Crippen LogP contribution in [0.5, 0.6) is 0 Å². The first-order valence-corrected chi connectivity index (χ1v) is 8.18. The Morgan fingerprint density at radius 3 is 3.04 bits per heavy atom. The fourth-order valence-corrected chi connectivity index (χ4v) is 3.31. The van der Waals surface area contributed by atoms with E-state index in [9.17, 15) is 9.90 Å². The lowest BCUT2D eigenvalue weighted by Crippen LogP contribution is -2.35. The van der Waals surface area contributed by atoms with E-state index in [-0.39, 0.29) is 0 Å². The van der Waals surface area contributed by atoms with E-state index < -0.39 is 12.0 Å². The van der Waals surface area contributed by atoms with Gasteiger partial charge in [-0.15, -0.1) is 0 Å². The van der Waals surface area contributed by atoms with Crippen molar-refractivity contribution in [1.29, 1.82) is 0 Å². The molecule has 1 aliphatic heterocycles. The SMILES string of the molecule is Cc1cnc2[nH]cc(NC(=O)[C@H](C)O)c2c1N1CCC[C@@H](C)C1. The molecular formula is C17H24N4O2. The average Bonchev–Trinajstić information content (AvgIpc) is 2.90. The molecule has 3 rings (SSSR count). The van der Waals surface area contributed by atoms with Crippen molar-refractivity contribution in [3.8, 4) is 0 Å². The number of carbonyl (C=O) groups is 1. The molecule has 2 aromatic rings. The number of amides is 1. The zero-order valence-corrected chi connectivity index (χ0v) is 13.9. The highest BCUT2D eigenvalue weighted by molar-refractivity contribution is 6.07. The summed E-state index contributed by atoms with van der Waals surface area (Å²) in [5.74, 6) is 0.242. The number of aliphatic hydroxyl groups excluding tert-OH is 1. The average molecular weight is 316 g/mol. The third-order valence-corrected chi connectivity index (χ3v) is 4.47. The van der Waals surface area contributed by atoms with Crippen LogP contribution in [0, 0.1) is 12.8 Å². The van der Waals surface area contributed by atoms with Crippen molar-refractivity contribution < 1.29 is 9.90 Å². The summed E-state index contributed by atoms with van der Waals surface area (Å²) in [6, 6.07) is 0. The van der Waals surface area contributed by atoms with E-state index in [1.54, 1.807) is 6.20 Å². The lowest BCUT2D eigenvalue weighted by molar-refractivity contribution is -0.123. The Balaban J connectivity index is 2.06. The predicted molar refractivity (Wildman–Crippen MR) is 91.8 cm³/mol. The summed E-state index contributed by atoms with van der Waals surface area (Å²) in [6.07, 6.45) is 4.99. The number of aromatic nitrogens is 2. The van der Waals surface area contributed by atoms with Crippen LogP contribution in [-0.4, -0.2) is 40.2 Å². The first-order chi connectivity index (χ1) is 11.0. The van der Waals surface area contributed by atoms with Crippen molar-refractivity contribution in [1.82, 2.24) is 9.97 Å². The number of piperidine rings is 1. The highest BCUT2D eigenvalue weighted by atomic mass is 16.3. The van der Waals surface area contributed by atoms with Crippen molar-refractivity contribution in [2.45, 2.75) is 39.7 Å². The molecular weight excluding hydrogens is 292 g/mol. The van der Waals surface area contributed by atoms with Gasteiger partial charge in [-0.25, -0.2) is 4.98 Å². The van der Waals surface area contributed by atoms with Gasteiger partial charge in [0, 0.05) is 25.5 Å². The van der Waals surface area contributed by atoms with Crippen LogP contribution in [0.3, 0.4) is 0 Å². The van der Waals surface area contributed by atoms with Crippen LogP contribution in [0.1, 0.15) is 32.3 Å². The fourth-order valence-electron chi connectivity index (χ4n) is 3.31. The van der Waals surface area contributed by atoms with E-state index in [2.05, 4.69) is 27.1 Å². The van der Waals surface area contributed by atoms with Crippen LogP contribution >= 0.6 is 0 Å². The Hall–Kier alpha value is -2.08. The number of aliphatic hydroxyl groups is 1. The highest BCUT2D eigenvalue weighted by Crippen LogP contribution is 2.36. The first-order valence-electron chi connectivity index (χ1n) is 8.18. The van der Waals surface area contributed by atoms with Gasteiger partial charge in [0.25, 0.3) is 5.91 Å². The molecule has 0 unspecified atom stereocenters. The normalized spacial score (nSPS) is 19.8. The zero-order valence-electron chi connectivity index (χ0n) is 13.9. The molecule has 23 heavy (non-hydrogen) atoms. The van der Waals surface area contributed by atoms with Gasteiger partial charge in [-0.1, -0.05) is 6.92 Å². The second-order valence-corrected chi connectivity index (χ2v) is 6.57. The second-order valence-electron chi connectivity index (χ2n) is 6.57. The number of hydrogen-bond acceptors (Lipinski definition) is 4. The summed E-state index contributed by atoms with van der Waals surface area (Å²) in [5.41, 5.74) is 3.66. The molecule has 2 aromatic heterocycles. The number of nitrogens with one attached hydrogen (secondary N) is 2. The number of aromatic amines is 1. The molecule has 6 heteroatoms. The largest absolute Gasteiger partial charge is 0.384 e. The number of fused-ring (bicyclic) bond motifs is 1. The number of aryl methyl sites for hydroxylation is 1. The van der Waals surface area contributed by atoms with Crippen molar-refractivity contribution in [3.05, 3.63) is 18.0 Å². The Morgan fingerprint density at radius 1 is 1.57 bits per heavy atom. The first kappa shape index (κ1) is 15.8. The lowest BCUT2D eigenvalue weighted by atomic mass is 9.98. The van der Waals surface area contributed by atoms with Crippen LogP contribution in [0.2, 0.25) is 0 Å². The number of pyridine rings is 1. The Bertz CT molecular complexity index is 723. The molecule has 3 heterocycles. The molecule has 0 bridgehead atoms. The van der Waals surface area contributed by atoms with Gasteiger partial charge >= 0.3 is 0 Å². The van der Waals surface area contributed by atoms with Gasteiger partial charge in [-0.2, -0.15) is 0 Å². The fraction of sp³-hybridized carbons (Fsp3) is 0.529. The van der Waals surface area contributed by atoms with Gasteiger partial charge < -0.3 is 20.3 Å². The van der Waals surface area contributed by atoms with E-state index in [1.165, 1.54) is 19.8 Å². The monoisotopic (exact) mass is 316 g/mol. The summed E-state index contributed by atoms with van der Waals surface area (Å²) in [6.45, 7) is 7.80. The maximum absolute atomic E-state index is 11.9. The number of hydrogen-bond donors (Lipinski definition) is 3. The summed E-state index contributed by atoms with van der Waals surface area (Å²) >= 11 is 0. The van der Waals surface area contributed by atoms with Crippen LogP contribution in [0.15, 0.2) is 12.4 Å². The Morgan fingerprint density at radius 2 is 2.35 bits per heavy atom.